The number of hydrogen-bond acceptors (Lipinski definition) is 9. The summed E-state index contributed by atoms with van der Waals surface area (Å²) in [6.07, 6.45) is 8.61. The zero-order valence-electron chi connectivity index (χ0n) is 25.2. The van der Waals surface area contributed by atoms with Gasteiger partial charge in [0.2, 0.25) is 11.8 Å². The first kappa shape index (κ1) is 31.3. The van der Waals surface area contributed by atoms with Crippen LogP contribution in [0.5, 0.6) is 5.75 Å². The Balaban J connectivity index is 1.33. The second-order valence-electron chi connectivity index (χ2n) is 11.6. The molecular formula is C31H41N7O6. The van der Waals surface area contributed by atoms with Gasteiger partial charge in [-0.25, -0.2) is 0 Å². The van der Waals surface area contributed by atoms with Gasteiger partial charge in [-0.1, -0.05) is 0 Å². The molecular weight excluding hydrogens is 566 g/mol. The first-order valence-corrected chi connectivity index (χ1v) is 15.3. The summed E-state index contributed by atoms with van der Waals surface area (Å²) in [5.74, 6) is -0.408. The van der Waals surface area contributed by atoms with E-state index in [0.29, 0.717) is 68.9 Å². The normalized spacial score (nSPS) is 23.6. The number of amides is 4. The third-order valence-electron chi connectivity index (χ3n) is 8.33. The Bertz CT molecular complexity index is 1310. The van der Waals surface area contributed by atoms with Gasteiger partial charge in [0, 0.05) is 70.8 Å². The van der Waals surface area contributed by atoms with Gasteiger partial charge < -0.3 is 29.9 Å². The van der Waals surface area contributed by atoms with Gasteiger partial charge in [-0.3, -0.25) is 34.0 Å². The molecule has 2 saturated heterocycles. The number of pyridine rings is 2. The molecule has 13 heteroatoms. The van der Waals surface area contributed by atoms with E-state index >= 15 is 0 Å². The lowest BCUT2D eigenvalue weighted by Gasteiger charge is -2.30. The van der Waals surface area contributed by atoms with Crippen LogP contribution >= 0.6 is 0 Å². The third-order valence-corrected chi connectivity index (χ3v) is 8.33. The molecule has 0 aromatic carbocycles. The van der Waals surface area contributed by atoms with Crippen LogP contribution in [0.15, 0.2) is 43.0 Å². The number of nitrogens with zero attached hydrogens (tertiary/aromatic N) is 5. The molecule has 44 heavy (non-hydrogen) atoms. The van der Waals surface area contributed by atoms with Gasteiger partial charge >= 0.3 is 0 Å². The standard InChI is InChI=1S/C31H41N7O6/c1-36-9-3-2-6-27(35-28(39)7-10-37-11-13-43-14-12-37)31(42)38-20-24(34-29(40)22-5-4-8-32-17-22)16-25(38)21-44-26-15-23(30(36)41)18-33-19-26/h4-5,8,15,17-19,24-25,27H,2-3,6-7,9-14,16,20-21H2,1H3,(H,34,40)(H,35,39)/t24-,25-,27-/m0/s1. The zero-order chi connectivity index (χ0) is 30.9. The Labute approximate surface area is 257 Å². The molecule has 0 aliphatic carbocycles. The van der Waals surface area contributed by atoms with Crippen LogP contribution in [0.25, 0.3) is 0 Å². The number of aromatic nitrogens is 2. The van der Waals surface area contributed by atoms with E-state index in [1.807, 2.05) is 0 Å². The minimum Gasteiger partial charge on any atom is -0.490 e. The number of nitrogens with one attached hydrogen (secondary N) is 2. The van der Waals surface area contributed by atoms with Crippen molar-refractivity contribution in [2.45, 2.75) is 50.2 Å². The Morgan fingerprint density at radius 1 is 1.05 bits per heavy atom. The highest BCUT2D eigenvalue weighted by molar-refractivity contribution is 5.94. The summed E-state index contributed by atoms with van der Waals surface area (Å²) in [4.78, 5) is 66.9. The first-order chi connectivity index (χ1) is 21.4. The van der Waals surface area contributed by atoms with Gasteiger partial charge in [-0.05, 0) is 43.9 Å². The maximum Gasteiger partial charge on any atom is 0.255 e. The van der Waals surface area contributed by atoms with Crippen molar-refractivity contribution in [3.8, 4) is 5.75 Å². The van der Waals surface area contributed by atoms with E-state index in [9.17, 15) is 19.2 Å². The molecule has 3 aliphatic heterocycles. The van der Waals surface area contributed by atoms with E-state index < -0.39 is 6.04 Å². The Hall–Kier alpha value is -4.10. The second-order valence-corrected chi connectivity index (χ2v) is 11.6. The summed E-state index contributed by atoms with van der Waals surface area (Å²) in [6, 6.07) is 3.61. The summed E-state index contributed by atoms with van der Waals surface area (Å²) in [7, 11) is 1.74. The molecule has 0 unspecified atom stereocenters. The van der Waals surface area contributed by atoms with Crippen LogP contribution in [0.2, 0.25) is 0 Å². The van der Waals surface area contributed by atoms with Crippen LogP contribution in [0.3, 0.4) is 0 Å². The van der Waals surface area contributed by atoms with E-state index in [-0.39, 0.29) is 55.3 Å². The van der Waals surface area contributed by atoms with E-state index in [0.717, 1.165) is 13.1 Å². The number of carbonyl (C=O) groups is 4. The topological polar surface area (TPSA) is 146 Å². The Kier molecular flexibility index (Phi) is 10.7. The molecule has 0 spiro atoms. The molecule has 5 rings (SSSR count). The number of rotatable bonds is 6. The highest BCUT2D eigenvalue weighted by Gasteiger charge is 2.39. The van der Waals surface area contributed by atoms with Crippen molar-refractivity contribution in [3.63, 3.8) is 0 Å². The molecule has 2 aromatic heterocycles. The summed E-state index contributed by atoms with van der Waals surface area (Å²) >= 11 is 0. The molecule has 3 aliphatic rings. The van der Waals surface area contributed by atoms with E-state index in [2.05, 4.69) is 25.5 Å². The molecule has 5 heterocycles. The Morgan fingerprint density at radius 2 is 1.89 bits per heavy atom. The van der Waals surface area contributed by atoms with Gasteiger partial charge in [0.25, 0.3) is 11.8 Å². The quantitative estimate of drug-likeness (QED) is 0.485. The van der Waals surface area contributed by atoms with Crippen LogP contribution in [0.1, 0.15) is 52.8 Å². The summed E-state index contributed by atoms with van der Waals surface area (Å²) in [5.41, 5.74) is 0.855. The molecule has 4 amide bonds. The van der Waals surface area contributed by atoms with Crippen molar-refractivity contribution in [1.29, 1.82) is 0 Å². The molecule has 2 N–H and O–H groups in total. The molecule has 0 saturated carbocycles. The number of ether oxygens (including phenoxy) is 2. The largest absolute Gasteiger partial charge is 0.490 e. The van der Waals surface area contributed by atoms with Crippen molar-refractivity contribution in [1.82, 2.24) is 35.3 Å². The highest BCUT2D eigenvalue weighted by Crippen LogP contribution is 2.23. The number of carbonyl (C=O) groups excluding carboxylic acids is 4. The molecule has 13 nitrogen and oxygen atoms in total. The van der Waals surface area contributed by atoms with Crippen LogP contribution < -0.4 is 15.4 Å². The first-order valence-electron chi connectivity index (χ1n) is 15.3. The minimum absolute atomic E-state index is 0.137. The number of morpholine rings is 1. The smallest absolute Gasteiger partial charge is 0.255 e. The highest BCUT2D eigenvalue weighted by atomic mass is 16.5. The van der Waals surface area contributed by atoms with Crippen LogP contribution in [0, 0.1) is 0 Å². The molecule has 236 valence electrons. The Morgan fingerprint density at radius 3 is 2.68 bits per heavy atom. The van der Waals surface area contributed by atoms with Crippen molar-refractivity contribution in [3.05, 3.63) is 54.1 Å². The minimum atomic E-state index is -0.740. The SMILES string of the molecule is CN1CCCC[C@H](NC(=O)CCN2CCOCC2)C(=O)N2C[C@@H](NC(=O)c3cccnc3)C[C@H]2COc2cncc(c2)C1=O. The summed E-state index contributed by atoms with van der Waals surface area (Å²) in [6.45, 7) is 4.36. The lowest BCUT2D eigenvalue weighted by atomic mass is 10.1. The van der Waals surface area contributed by atoms with Gasteiger partial charge in [0.1, 0.15) is 18.4 Å². The fourth-order valence-corrected chi connectivity index (χ4v) is 5.85. The van der Waals surface area contributed by atoms with Gasteiger partial charge in [0.15, 0.2) is 0 Å². The average molecular weight is 608 g/mol. The molecule has 2 fully saturated rings. The zero-order valence-corrected chi connectivity index (χ0v) is 25.2. The monoisotopic (exact) mass is 607 g/mol. The summed E-state index contributed by atoms with van der Waals surface area (Å²) in [5, 5.41) is 6.04. The van der Waals surface area contributed by atoms with Crippen molar-refractivity contribution in [2.24, 2.45) is 0 Å². The average Bonchev–Trinajstić information content (AvgIpc) is 3.46. The predicted octanol–water partition coefficient (Wildman–Crippen LogP) is 0.718. The van der Waals surface area contributed by atoms with Gasteiger partial charge in [-0.2, -0.15) is 0 Å². The van der Waals surface area contributed by atoms with E-state index in [4.69, 9.17) is 9.47 Å². The van der Waals surface area contributed by atoms with E-state index in [1.54, 1.807) is 41.2 Å². The van der Waals surface area contributed by atoms with E-state index in [1.165, 1.54) is 18.6 Å². The number of fused-ring (bicyclic) bond motifs is 3. The molecule has 2 bridgehead atoms. The lowest BCUT2D eigenvalue weighted by molar-refractivity contribution is -0.138. The third kappa shape index (κ3) is 8.29. The van der Waals surface area contributed by atoms with Crippen molar-refractivity contribution < 1.29 is 28.7 Å². The summed E-state index contributed by atoms with van der Waals surface area (Å²) < 4.78 is 11.5. The fraction of sp³-hybridized carbons (Fsp3) is 0.548. The molecule has 0 radical (unpaired) electrons. The number of hydrogen-bond donors (Lipinski definition) is 2. The van der Waals surface area contributed by atoms with Gasteiger partial charge in [0.05, 0.1) is 36.6 Å². The fourth-order valence-electron chi connectivity index (χ4n) is 5.85. The van der Waals surface area contributed by atoms with Crippen molar-refractivity contribution in [2.75, 3.05) is 59.6 Å². The van der Waals surface area contributed by atoms with Gasteiger partial charge in [-0.15, -0.1) is 0 Å². The molecule has 3 atom stereocenters. The maximum atomic E-state index is 14.1. The predicted molar refractivity (Wildman–Crippen MR) is 160 cm³/mol. The molecule has 2 aromatic rings. The van der Waals surface area contributed by atoms with Crippen LogP contribution in [-0.4, -0.2) is 126 Å². The lowest BCUT2D eigenvalue weighted by Crippen LogP contribution is -2.52. The maximum absolute atomic E-state index is 14.1. The van der Waals surface area contributed by atoms with Crippen LogP contribution in [0.4, 0.5) is 0 Å². The van der Waals surface area contributed by atoms with Crippen molar-refractivity contribution >= 4 is 23.6 Å². The van der Waals surface area contributed by atoms with Crippen LogP contribution in [-0.2, 0) is 14.3 Å². The second kappa shape index (κ2) is 15.1.